The summed E-state index contributed by atoms with van der Waals surface area (Å²) in [5.74, 6) is -0.283. The molecule has 1 unspecified atom stereocenters. The second-order valence-corrected chi connectivity index (χ2v) is 9.46. The van der Waals surface area contributed by atoms with Crippen LogP contribution in [0.3, 0.4) is 0 Å². The predicted molar refractivity (Wildman–Crippen MR) is 127 cm³/mol. The molecule has 0 radical (unpaired) electrons. The Bertz CT molecular complexity index is 1040. The highest BCUT2D eigenvalue weighted by Gasteiger charge is 2.25. The number of hydrogen-bond donors (Lipinski definition) is 3. The van der Waals surface area contributed by atoms with Crippen molar-refractivity contribution in [3.05, 3.63) is 34.5 Å². The van der Waals surface area contributed by atoms with E-state index in [1.807, 2.05) is 0 Å². The molecule has 4 rings (SSSR count). The highest BCUT2D eigenvalue weighted by atomic mass is 35.5. The first-order chi connectivity index (χ1) is 14.0. The van der Waals surface area contributed by atoms with Gasteiger partial charge in [-0.25, -0.2) is 9.37 Å². The number of anilines is 1. The third-order valence-corrected chi connectivity index (χ3v) is 7.40. The molecule has 2 aromatic heterocycles. The zero-order chi connectivity index (χ0) is 20.4. The first-order valence-electron chi connectivity index (χ1n) is 10.00. The molecular formula is C21H26ClFN4OS2. The van der Waals surface area contributed by atoms with Gasteiger partial charge in [-0.2, -0.15) is 0 Å². The van der Waals surface area contributed by atoms with Crippen LogP contribution in [0.4, 0.5) is 9.39 Å². The summed E-state index contributed by atoms with van der Waals surface area (Å²) in [6, 6.07) is 5.10. The number of carbonyl (C=O) groups is 1. The normalized spacial score (nSPS) is 14.2. The molecule has 0 fully saturated rings. The molecule has 0 bridgehead atoms. The van der Waals surface area contributed by atoms with Gasteiger partial charge in [-0.3, -0.25) is 4.79 Å². The van der Waals surface area contributed by atoms with Crippen LogP contribution in [0.2, 0.25) is 0 Å². The number of amides is 1. The van der Waals surface area contributed by atoms with Crippen molar-refractivity contribution in [1.82, 2.24) is 15.6 Å². The first kappa shape index (κ1) is 23.1. The van der Waals surface area contributed by atoms with E-state index < -0.39 is 0 Å². The minimum absolute atomic E-state index is 0. The summed E-state index contributed by atoms with van der Waals surface area (Å²) in [5.41, 5.74) is 2.92. The van der Waals surface area contributed by atoms with Gasteiger partial charge >= 0.3 is 0 Å². The largest absolute Gasteiger partial charge is 0.317 e. The minimum Gasteiger partial charge on any atom is -0.317 e. The Balaban J connectivity index is 0.00000256. The monoisotopic (exact) mass is 468 g/mol. The van der Waals surface area contributed by atoms with Crippen molar-refractivity contribution >= 4 is 56.2 Å². The molecule has 1 atom stereocenters. The summed E-state index contributed by atoms with van der Waals surface area (Å²) in [6.45, 7) is 6.61. The number of thiophene rings is 1. The molecule has 3 aromatic rings. The lowest BCUT2D eigenvalue weighted by atomic mass is 10.0. The Hall–Kier alpha value is -1.58. The number of carbonyl (C=O) groups excluding carboxylic acids is 1. The lowest BCUT2D eigenvalue weighted by Gasteiger charge is -2.13. The van der Waals surface area contributed by atoms with E-state index in [-0.39, 0.29) is 24.1 Å². The number of nitrogens with one attached hydrogen (secondary N) is 3. The van der Waals surface area contributed by atoms with Crippen molar-refractivity contribution in [1.29, 1.82) is 0 Å². The second-order valence-electron chi connectivity index (χ2n) is 7.33. The van der Waals surface area contributed by atoms with Crippen LogP contribution in [0.25, 0.3) is 20.8 Å². The van der Waals surface area contributed by atoms with Gasteiger partial charge in [-0.05, 0) is 44.0 Å². The maximum absolute atomic E-state index is 13.6. The SMILES string of the molecule is CCC(C)NCCC(=O)Nc1sc2c(c1-c1nc3cc(F)ccc3s1)CCNC2.Cl. The highest BCUT2D eigenvalue weighted by molar-refractivity contribution is 7.22. The summed E-state index contributed by atoms with van der Waals surface area (Å²) in [5, 5.41) is 11.6. The Morgan fingerprint density at radius 1 is 1.37 bits per heavy atom. The molecule has 1 aliphatic heterocycles. The number of benzene rings is 1. The standard InChI is InChI=1S/C21H25FN4OS2.ClH/c1-3-12(2)24-9-7-18(27)26-21-19(14-6-8-23-11-17(14)29-21)20-25-15-10-13(22)4-5-16(15)28-20;/h4-5,10,12,23-24H,3,6-9,11H2,1-2H3,(H,26,27);1H. The number of fused-ring (bicyclic) bond motifs is 2. The molecule has 0 saturated heterocycles. The number of aromatic nitrogens is 1. The maximum Gasteiger partial charge on any atom is 0.226 e. The highest BCUT2D eigenvalue weighted by Crippen LogP contribution is 2.44. The van der Waals surface area contributed by atoms with Crippen molar-refractivity contribution in [2.45, 2.75) is 45.7 Å². The van der Waals surface area contributed by atoms with Crippen molar-refractivity contribution in [3.63, 3.8) is 0 Å². The lowest BCUT2D eigenvalue weighted by Crippen LogP contribution is -2.28. The Morgan fingerprint density at radius 3 is 3.00 bits per heavy atom. The zero-order valence-electron chi connectivity index (χ0n) is 17.0. The molecule has 5 nitrogen and oxygen atoms in total. The maximum atomic E-state index is 13.6. The van der Waals surface area contributed by atoms with Crippen LogP contribution in [0.1, 0.15) is 37.1 Å². The summed E-state index contributed by atoms with van der Waals surface area (Å²) in [7, 11) is 0. The van der Waals surface area contributed by atoms with E-state index in [4.69, 9.17) is 0 Å². The quantitative estimate of drug-likeness (QED) is 0.459. The van der Waals surface area contributed by atoms with Gasteiger partial charge in [0.25, 0.3) is 0 Å². The molecule has 1 aromatic carbocycles. The number of hydrogen-bond acceptors (Lipinski definition) is 6. The fourth-order valence-electron chi connectivity index (χ4n) is 3.42. The van der Waals surface area contributed by atoms with Gasteiger partial charge in [-0.15, -0.1) is 35.1 Å². The molecule has 9 heteroatoms. The molecule has 3 heterocycles. The summed E-state index contributed by atoms with van der Waals surface area (Å²) < 4.78 is 14.6. The summed E-state index contributed by atoms with van der Waals surface area (Å²) in [6.07, 6.45) is 2.36. The average Bonchev–Trinajstić information content (AvgIpc) is 3.27. The van der Waals surface area contributed by atoms with Gasteiger partial charge in [-0.1, -0.05) is 6.92 Å². The fraction of sp³-hybridized carbons (Fsp3) is 0.429. The number of thiazole rings is 1. The van der Waals surface area contributed by atoms with Crippen LogP contribution in [-0.4, -0.2) is 30.0 Å². The van der Waals surface area contributed by atoms with Gasteiger partial charge in [0.15, 0.2) is 0 Å². The number of rotatable bonds is 7. The van der Waals surface area contributed by atoms with Crippen LogP contribution in [0.5, 0.6) is 0 Å². The summed E-state index contributed by atoms with van der Waals surface area (Å²) >= 11 is 3.17. The van der Waals surface area contributed by atoms with Crippen LogP contribution in [0.15, 0.2) is 18.2 Å². The Labute approximate surface area is 189 Å². The smallest absolute Gasteiger partial charge is 0.226 e. The summed E-state index contributed by atoms with van der Waals surface area (Å²) in [4.78, 5) is 18.5. The van der Waals surface area contributed by atoms with Gasteiger partial charge in [0, 0.05) is 42.1 Å². The van der Waals surface area contributed by atoms with E-state index in [9.17, 15) is 9.18 Å². The van der Waals surface area contributed by atoms with E-state index in [1.165, 1.54) is 22.6 Å². The van der Waals surface area contributed by atoms with E-state index in [1.54, 1.807) is 28.7 Å². The molecular weight excluding hydrogens is 443 g/mol. The molecule has 0 spiro atoms. The van der Waals surface area contributed by atoms with Gasteiger partial charge in [0.2, 0.25) is 5.91 Å². The van der Waals surface area contributed by atoms with Crippen molar-refractivity contribution in [3.8, 4) is 10.6 Å². The second kappa shape index (κ2) is 10.2. The molecule has 0 saturated carbocycles. The lowest BCUT2D eigenvalue weighted by molar-refractivity contribution is -0.116. The zero-order valence-corrected chi connectivity index (χ0v) is 19.5. The molecule has 30 heavy (non-hydrogen) atoms. The van der Waals surface area contributed by atoms with Gasteiger partial charge in [0.05, 0.1) is 10.2 Å². The topological polar surface area (TPSA) is 66.0 Å². The van der Waals surface area contributed by atoms with E-state index in [2.05, 4.69) is 34.8 Å². The van der Waals surface area contributed by atoms with Gasteiger partial charge in [0.1, 0.15) is 15.8 Å². The molecule has 0 aliphatic carbocycles. The van der Waals surface area contributed by atoms with Gasteiger partial charge < -0.3 is 16.0 Å². The van der Waals surface area contributed by atoms with Crippen molar-refractivity contribution in [2.24, 2.45) is 0 Å². The van der Waals surface area contributed by atoms with Crippen molar-refractivity contribution < 1.29 is 9.18 Å². The average molecular weight is 469 g/mol. The number of halogens is 2. The molecule has 162 valence electrons. The van der Waals surface area contributed by atoms with E-state index >= 15 is 0 Å². The third kappa shape index (κ3) is 5.00. The van der Waals surface area contributed by atoms with E-state index in [0.29, 0.717) is 24.5 Å². The predicted octanol–water partition coefficient (Wildman–Crippen LogP) is 4.95. The van der Waals surface area contributed by atoms with Crippen LogP contribution >= 0.6 is 35.1 Å². The third-order valence-electron chi connectivity index (χ3n) is 5.20. The molecule has 1 amide bonds. The van der Waals surface area contributed by atoms with E-state index in [0.717, 1.165) is 46.2 Å². The molecule has 3 N–H and O–H groups in total. The van der Waals surface area contributed by atoms with Crippen molar-refractivity contribution in [2.75, 3.05) is 18.4 Å². The van der Waals surface area contributed by atoms with Crippen LogP contribution in [-0.2, 0) is 17.8 Å². The first-order valence-corrected chi connectivity index (χ1v) is 11.6. The minimum atomic E-state index is -0.284. The fourth-order valence-corrected chi connectivity index (χ4v) is 5.75. The van der Waals surface area contributed by atoms with Crippen LogP contribution < -0.4 is 16.0 Å². The molecule has 1 aliphatic rings. The Kier molecular flexibility index (Phi) is 7.81. The Morgan fingerprint density at radius 2 is 2.20 bits per heavy atom. The van der Waals surface area contributed by atoms with Crippen LogP contribution in [0, 0.1) is 5.82 Å². The number of nitrogens with zero attached hydrogens (tertiary/aromatic N) is 1.